The first-order valence-corrected chi connectivity index (χ1v) is 6.43. The maximum Gasteiger partial charge on any atom is 0.325 e. The molecule has 0 amide bonds. The van der Waals surface area contributed by atoms with Gasteiger partial charge in [0.2, 0.25) is 0 Å². The van der Waals surface area contributed by atoms with Crippen molar-refractivity contribution in [3.05, 3.63) is 0 Å². The molecular formula is C13H27NO3. The fourth-order valence-electron chi connectivity index (χ4n) is 1.79. The van der Waals surface area contributed by atoms with Gasteiger partial charge in [0.1, 0.15) is 5.54 Å². The number of esters is 1. The van der Waals surface area contributed by atoms with Gasteiger partial charge < -0.3 is 15.2 Å². The van der Waals surface area contributed by atoms with Crippen LogP contribution in [-0.4, -0.2) is 31.3 Å². The van der Waals surface area contributed by atoms with Gasteiger partial charge in [-0.25, -0.2) is 0 Å². The molecule has 2 unspecified atom stereocenters. The molecule has 0 aromatic rings. The van der Waals surface area contributed by atoms with E-state index in [4.69, 9.17) is 10.5 Å². The number of hydrogen-bond acceptors (Lipinski definition) is 4. The lowest BCUT2D eigenvalue weighted by molar-refractivity contribution is -0.147. The Hall–Kier alpha value is -0.610. The number of carbonyl (C=O) groups excluding carboxylic acids is 1. The quantitative estimate of drug-likeness (QED) is 0.500. The number of ether oxygens (including phenoxy) is 2. The number of methoxy groups -OCH3 is 1. The van der Waals surface area contributed by atoms with Gasteiger partial charge in [-0.3, -0.25) is 4.79 Å². The zero-order chi connectivity index (χ0) is 13.3. The van der Waals surface area contributed by atoms with Crippen molar-refractivity contribution in [3.8, 4) is 0 Å². The molecule has 2 atom stereocenters. The van der Waals surface area contributed by atoms with Crippen LogP contribution in [0.4, 0.5) is 0 Å². The third-order valence-corrected chi connectivity index (χ3v) is 2.76. The Balaban J connectivity index is 3.77. The van der Waals surface area contributed by atoms with Gasteiger partial charge in [0.05, 0.1) is 13.2 Å². The van der Waals surface area contributed by atoms with E-state index < -0.39 is 5.54 Å². The van der Waals surface area contributed by atoms with Crippen molar-refractivity contribution in [2.45, 2.75) is 64.5 Å². The molecule has 0 fully saturated rings. The molecule has 102 valence electrons. The summed E-state index contributed by atoms with van der Waals surface area (Å²) < 4.78 is 10.3. The maximum atomic E-state index is 11.4. The van der Waals surface area contributed by atoms with E-state index in [-0.39, 0.29) is 12.1 Å². The SMILES string of the molecule is CCCCCCOC(C)CC(C)(N)C(=O)OC. The summed E-state index contributed by atoms with van der Waals surface area (Å²) in [6.07, 6.45) is 5.18. The average molecular weight is 245 g/mol. The number of hydrogen-bond donors (Lipinski definition) is 1. The Morgan fingerprint density at radius 2 is 2.00 bits per heavy atom. The predicted octanol–water partition coefficient (Wildman–Crippen LogP) is 2.25. The van der Waals surface area contributed by atoms with Crippen LogP contribution in [0.3, 0.4) is 0 Å². The summed E-state index contributed by atoms with van der Waals surface area (Å²) in [5.74, 6) is -0.390. The van der Waals surface area contributed by atoms with Crippen LogP contribution in [0.25, 0.3) is 0 Å². The number of rotatable bonds is 9. The summed E-state index contributed by atoms with van der Waals surface area (Å²) in [5.41, 5.74) is 4.91. The lowest BCUT2D eigenvalue weighted by Crippen LogP contribution is -2.48. The molecule has 0 spiro atoms. The van der Waals surface area contributed by atoms with Crippen LogP contribution >= 0.6 is 0 Å². The van der Waals surface area contributed by atoms with Crippen LogP contribution in [0.15, 0.2) is 0 Å². The summed E-state index contributed by atoms with van der Waals surface area (Å²) in [4.78, 5) is 11.4. The summed E-state index contributed by atoms with van der Waals surface area (Å²) in [5, 5.41) is 0. The predicted molar refractivity (Wildman–Crippen MR) is 68.8 cm³/mol. The highest BCUT2D eigenvalue weighted by atomic mass is 16.5. The molecule has 0 rings (SSSR count). The minimum atomic E-state index is -0.961. The lowest BCUT2D eigenvalue weighted by Gasteiger charge is -2.25. The molecule has 2 N–H and O–H groups in total. The molecule has 0 aromatic carbocycles. The zero-order valence-corrected chi connectivity index (χ0v) is 11.6. The fourth-order valence-corrected chi connectivity index (χ4v) is 1.79. The second kappa shape index (κ2) is 8.48. The van der Waals surface area contributed by atoms with Crippen molar-refractivity contribution in [1.29, 1.82) is 0 Å². The molecule has 0 aromatic heterocycles. The summed E-state index contributed by atoms with van der Waals surface area (Å²) in [6.45, 7) is 6.53. The van der Waals surface area contributed by atoms with Crippen molar-refractivity contribution in [2.24, 2.45) is 5.73 Å². The van der Waals surface area contributed by atoms with Crippen molar-refractivity contribution in [1.82, 2.24) is 0 Å². The van der Waals surface area contributed by atoms with Crippen molar-refractivity contribution in [3.63, 3.8) is 0 Å². The lowest BCUT2D eigenvalue weighted by atomic mass is 9.96. The molecule has 17 heavy (non-hydrogen) atoms. The highest BCUT2D eigenvalue weighted by molar-refractivity contribution is 5.79. The Kier molecular flexibility index (Phi) is 8.17. The molecule has 0 heterocycles. The second-order valence-corrected chi connectivity index (χ2v) is 4.86. The highest BCUT2D eigenvalue weighted by Gasteiger charge is 2.31. The molecule has 0 radical (unpaired) electrons. The van der Waals surface area contributed by atoms with Gasteiger partial charge in [-0.2, -0.15) is 0 Å². The molecule has 4 heteroatoms. The van der Waals surface area contributed by atoms with Gasteiger partial charge in [0, 0.05) is 13.0 Å². The third-order valence-electron chi connectivity index (χ3n) is 2.76. The van der Waals surface area contributed by atoms with Gasteiger partial charge in [-0.05, 0) is 20.3 Å². The molecule has 0 saturated heterocycles. The van der Waals surface area contributed by atoms with Gasteiger partial charge in [-0.1, -0.05) is 26.2 Å². The van der Waals surface area contributed by atoms with Crippen LogP contribution in [-0.2, 0) is 14.3 Å². The van der Waals surface area contributed by atoms with Crippen LogP contribution in [0.5, 0.6) is 0 Å². The Morgan fingerprint density at radius 1 is 1.35 bits per heavy atom. The van der Waals surface area contributed by atoms with E-state index in [0.29, 0.717) is 6.42 Å². The molecule has 0 aliphatic heterocycles. The zero-order valence-electron chi connectivity index (χ0n) is 11.6. The minimum absolute atomic E-state index is 0.0225. The molecule has 0 aliphatic carbocycles. The van der Waals surface area contributed by atoms with Crippen molar-refractivity contribution < 1.29 is 14.3 Å². The summed E-state index contributed by atoms with van der Waals surface area (Å²) in [7, 11) is 1.35. The number of carbonyl (C=O) groups is 1. The van der Waals surface area contributed by atoms with Crippen molar-refractivity contribution >= 4 is 5.97 Å². The normalized spacial score (nSPS) is 16.3. The summed E-state index contributed by atoms with van der Waals surface area (Å²) >= 11 is 0. The van der Waals surface area contributed by atoms with Gasteiger partial charge in [0.15, 0.2) is 0 Å². The van der Waals surface area contributed by atoms with Crippen LogP contribution < -0.4 is 5.73 Å². The number of unbranched alkanes of at least 4 members (excludes halogenated alkanes) is 3. The Morgan fingerprint density at radius 3 is 2.53 bits per heavy atom. The first-order chi connectivity index (χ1) is 7.94. The molecule has 0 bridgehead atoms. The Labute approximate surface area is 105 Å². The van der Waals surface area contributed by atoms with Gasteiger partial charge >= 0.3 is 5.97 Å². The van der Waals surface area contributed by atoms with E-state index in [1.54, 1.807) is 6.92 Å². The largest absolute Gasteiger partial charge is 0.468 e. The summed E-state index contributed by atoms with van der Waals surface area (Å²) in [6, 6.07) is 0. The van der Waals surface area contributed by atoms with E-state index in [1.807, 2.05) is 6.92 Å². The van der Waals surface area contributed by atoms with E-state index in [0.717, 1.165) is 13.0 Å². The smallest absolute Gasteiger partial charge is 0.325 e. The molecule has 4 nitrogen and oxygen atoms in total. The topological polar surface area (TPSA) is 61.5 Å². The molecular weight excluding hydrogens is 218 g/mol. The van der Waals surface area contributed by atoms with E-state index in [1.165, 1.54) is 26.4 Å². The van der Waals surface area contributed by atoms with E-state index in [9.17, 15) is 4.79 Å². The maximum absolute atomic E-state index is 11.4. The first kappa shape index (κ1) is 16.4. The van der Waals surface area contributed by atoms with Crippen molar-refractivity contribution in [2.75, 3.05) is 13.7 Å². The average Bonchev–Trinajstić information content (AvgIpc) is 2.27. The van der Waals surface area contributed by atoms with E-state index in [2.05, 4.69) is 11.7 Å². The highest BCUT2D eigenvalue weighted by Crippen LogP contribution is 2.13. The fraction of sp³-hybridized carbons (Fsp3) is 0.923. The second-order valence-electron chi connectivity index (χ2n) is 4.86. The third kappa shape index (κ3) is 7.34. The van der Waals surface area contributed by atoms with Crippen LogP contribution in [0, 0.1) is 0 Å². The Bertz CT molecular complexity index is 217. The molecule has 0 saturated carbocycles. The monoisotopic (exact) mass is 245 g/mol. The first-order valence-electron chi connectivity index (χ1n) is 6.43. The molecule has 0 aliphatic rings. The van der Waals surface area contributed by atoms with Gasteiger partial charge in [0.25, 0.3) is 0 Å². The standard InChI is InChI=1S/C13H27NO3/c1-5-6-7-8-9-17-11(2)10-13(3,14)12(15)16-4/h11H,5-10,14H2,1-4H3. The minimum Gasteiger partial charge on any atom is -0.468 e. The van der Waals surface area contributed by atoms with Gasteiger partial charge in [-0.15, -0.1) is 0 Å². The van der Waals surface area contributed by atoms with Crippen LogP contribution in [0.1, 0.15) is 52.9 Å². The van der Waals surface area contributed by atoms with Crippen LogP contribution in [0.2, 0.25) is 0 Å². The van der Waals surface area contributed by atoms with E-state index >= 15 is 0 Å². The number of nitrogens with two attached hydrogens (primary N) is 1.